The summed E-state index contributed by atoms with van der Waals surface area (Å²) in [4.78, 5) is 15.7. The molecule has 0 aliphatic carbocycles. The Balaban J connectivity index is 0.00000253. The number of fused-ring (bicyclic) bond motifs is 2. The first kappa shape index (κ1) is 23.6. The fourth-order valence-corrected chi connectivity index (χ4v) is 4.58. The van der Waals surface area contributed by atoms with E-state index in [4.69, 9.17) is 20.8 Å². The van der Waals surface area contributed by atoms with Crippen LogP contribution in [0.1, 0.15) is 0 Å². The summed E-state index contributed by atoms with van der Waals surface area (Å²) in [6.07, 6.45) is 3.61. The van der Waals surface area contributed by atoms with Gasteiger partial charge in [-0.2, -0.15) is 5.10 Å². The zero-order chi connectivity index (χ0) is 23.1. The van der Waals surface area contributed by atoms with Crippen molar-refractivity contribution in [3.8, 4) is 17.0 Å². The van der Waals surface area contributed by atoms with Gasteiger partial charge in [-0.05, 0) is 54.6 Å². The Labute approximate surface area is 212 Å². The summed E-state index contributed by atoms with van der Waals surface area (Å²) in [5.74, 6) is 0.638. The minimum Gasteiger partial charge on any atom is -0.456 e. The fraction of sp³-hybridized carbons (Fsp3) is 0.231. The van der Waals surface area contributed by atoms with Crippen LogP contribution in [0.4, 0.5) is 0 Å². The molecule has 0 unspecified atom stereocenters. The first-order valence-electron chi connectivity index (χ1n) is 11.3. The van der Waals surface area contributed by atoms with Crippen molar-refractivity contribution in [2.45, 2.75) is 6.54 Å². The van der Waals surface area contributed by atoms with Crippen molar-refractivity contribution >= 4 is 45.9 Å². The van der Waals surface area contributed by atoms with E-state index in [1.54, 1.807) is 29.0 Å². The highest BCUT2D eigenvalue weighted by molar-refractivity contribution is 6.30. The number of morpholine rings is 1. The Kier molecular flexibility index (Phi) is 6.67. The van der Waals surface area contributed by atoms with Crippen LogP contribution in [0.3, 0.4) is 0 Å². The van der Waals surface area contributed by atoms with E-state index < -0.39 is 0 Å². The van der Waals surface area contributed by atoms with Gasteiger partial charge in [0.15, 0.2) is 0 Å². The maximum atomic E-state index is 13.3. The van der Waals surface area contributed by atoms with E-state index >= 15 is 0 Å². The van der Waals surface area contributed by atoms with E-state index in [1.807, 2.05) is 47.3 Å². The predicted octanol–water partition coefficient (Wildman–Crippen LogP) is 5.01. The van der Waals surface area contributed by atoms with Gasteiger partial charge in [-0.1, -0.05) is 11.6 Å². The number of nitrogens with zero attached hydrogens (tertiary/aromatic N) is 4. The first-order chi connectivity index (χ1) is 16.7. The van der Waals surface area contributed by atoms with Gasteiger partial charge in [0, 0.05) is 47.5 Å². The van der Waals surface area contributed by atoms with Gasteiger partial charge in [0.1, 0.15) is 11.3 Å². The predicted molar refractivity (Wildman–Crippen MR) is 140 cm³/mol. The van der Waals surface area contributed by atoms with Crippen molar-refractivity contribution < 1.29 is 9.15 Å². The lowest BCUT2D eigenvalue weighted by Gasteiger charge is -2.26. The normalized spacial score (nSPS) is 14.4. The van der Waals surface area contributed by atoms with Crippen molar-refractivity contribution in [1.29, 1.82) is 0 Å². The van der Waals surface area contributed by atoms with Crippen molar-refractivity contribution in [1.82, 2.24) is 19.2 Å². The Morgan fingerprint density at radius 1 is 0.971 bits per heavy atom. The molecule has 0 N–H and O–H groups in total. The number of furan rings is 1. The average Bonchev–Trinajstić information content (AvgIpc) is 3.48. The summed E-state index contributed by atoms with van der Waals surface area (Å²) in [5, 5.41) is 6.77. The summed E-state index contributed by atoms with van der Waals surface area (Å²) in [6, 6.07) is 17.0. The van der Waals surface area contributed by atoms with E-state index in [0.29, 0.717) is 21.8 Å². The molecule has 2 aromatic carbocycles. The minimum atomic E-state index is -0.125. The monoisotopic (exact) mass is 510 g/mol. The number of hydrogen-bond acceptors (Lipinski definition) is 5. The largest absolute Gasteiger partial charge is 0.456 e. The van der Waals surface area contributed by atoms with Crippen LogP contribution < -0.4 is 5.56 Å². The summed E-state index contributed by atoms with van der Waals surface area (Å²) >= 11 is 5.99. The number of rotatable bonds is 5. The van der Waals surface area contributed by atoms with Gasteiger partial charge >= 0.3 is 0 Å². The lowest BCUT2D eigenvalue weighted by Crippen LogP contribution is -2.38. The van der Waals surface area contributed by atoms with Gasteiger partial charge in [0.2, 0.25) is 0 Å². The molecular weight excluding hydrogens is 487 g/mol. The van der Waals surface area contributed by atoms with Crippen LogP contribution >= 0.6 is 24.0 Å². The quantitative estimate of drug-likeness (QED) is 0.332. The molecular formula is C26H24Cl2N4O3. The minimum absolute atomic E-state index is 0. The standard InChI is InChI=1S/C26H23ClN4O3.ClH/c27-20-3-1-18(2-4-20)25-16-22-24(34-25)7-8-30(26(22)32)21-5-6-23-19(15-21)17-28-31(23)10-9-29-11-13-33-14-12-29;/h1-8,15-17H,9-14H2;1H. The summed E-state index contributed by atoms with van der Waals surface area (Å²) in [5.41, 5.74) is 3.15. The molecule has 5 aromatic rings. The molecule has 0 atom stereocenters. The molecule has 1 aliphatic rings. The van der Waals surface area contributed by atoms with Crippen molar-refractivity contribution in [2.24, 2.45) is 0 Å². The van der Waals surface area contributed by atoms with E-state index in [-0.39, 0.29) is 18.0 Å². The average molecular weight is 511 g/mol. The number of ether oxygens (including phenoxy) is 1. The first-order valence-corrected chi connectivity index (χ1v) is 11.7. The molecule has 0 saturated carbocycles. The smallest absolute Gasteiger partial charge is 0.266 e. The highest BCUT2D eigenvalue weighted by Gasteiger charge is 2.14. The Morgan fingerprint density at radius 3 is 2.57 bits per heavy atom. The number of benzene rings is 2. The number of hydrogen-bond donors (Lipinski definition) is 0. The van der Waals surface area contributed by atoms with Crippen LogP contribution in [0.5, 0.6) is 0 Å². The molecule has 9 heteroatoms. The van der Waals surface area contributed by atoms with Crippen molar-refractivity contribution in [3.05, 3.63) is 82.4 Å². The molecule has 0 amide bonds. The van der Waals surface area contributed by atoms with Gasteiger partial charge in [0.05, 0.1) is 36.9 Å². The summed E-state index contributed by atoms with van der Waals surface area (Å²) in [7, 11) is 0. The molecule has 1 aliphatic heterocycles. The zero-order valence-corrected chi connectivity index (χ0v) is 20.5. The SMILES string of the molecule is Cl.O=c1c2cc(-c3ccc(Cl)cc3)oc2ccn1-c1ccc2c(cnn2CCN2CCOCC2)c1. The topological polar surface area (TPSA) is 65.4 Å². The Hall–Kier alpha value is -3.10. The van der Waals surface area contributed by atoms with Gasteiger partial charge in [-0.15, -0.1) is 12.4 Å². The number of halogens is 2. The maximum Gasteiger partial charge on any atom is 0.266 e. The van der Waals surface area contributed by atoms with Gasteiger partial charge in [0.25, 0.3) is 5.56 Å². The number of pyridine rings is 1. The highest BCUT2D eigenvalue weighted by Crippen LogP contribution is 2.27. The lowest BCUT2D eigenvalue weighted by molar-refractivity contribution is 0.0361. The van der Waals surface area contributed by atoms with Crippen molar-refractivity contribution in [3.63, 3.8) is 0 Å². The second kappa shape index (κ2) is 9.87. The van der Waals surface area contributed by atoms with Crippen LogP contribution in [-0.4, -0.2) is 52.1 Å². The molecule has 1 fully saturated rings. The molecule has 3 aromatic heterocycles. The maximum absolute atomic E-state index is 13.3. The third-order valence-electron chi connectivity index (χ3n) is 6.35. The Morgan fingerprint density at radius 2 is 1.77 bits per heavy atom. The third kappa shape index (κ3) is 4.60. The molecule has 180 valence electrons. The third-order valence-corrected chi connectivity index (χ3v) is 6.60. The van der Waals surface area contributed by atoms with Crippen LogP contribution in [0.2, 0.25) is 5.02 Å². The molecule has 4 heterocycles. The van der Waals surface area contributed by atoms with Crippen LogP contribution in [0.25, 0.3) is 38.9 Å². The molecule has 7 nitrogen and oxygen atoms in total. The van der Waals surface area contributed by atoms with Crippen molar-refractivity contribution in [2.75, 3.05) is 32.8 Å². The molecule has 0 bridgehead atoms. The summed E-state index contributed by atoms with van der Waals surface area (Å²) < 4.78 is 15.0. The zero-order valence-electron chi connectivity index (χ0n) is 18.9. The van der Waals surface area contributed by atoms with E-state index in [9.17, 15) is 4.79 Å². The second-order valence-electron chi connectivity index (χ2n) is 8.45. The van der Waals surface area contributed by atoms with Crippen LogP contribution in [0, 0.1) is 0 Å². The van der Waals surface area contributed by atoms with Gasteiger partial charge < -0.3 is 9.15 Å². The van der Waals surface area contributed by atoms with E-state index in [2.05, 4.69) is 10.00 Å². The Bertz CT molecular complexity index is 1530. The van der Waals surface area contributed by atoms with Gasteiger partial charge in [-0.3, -0.25) is 18.9 Å². The van der Waals surface area contributed by atoms with Gasteiger partial charge in [-0.25, -0.2) is 0 Å². The highest BCUT2D eigenvalue weighted by atomic mass is 35.5. The fourth-order valence-electron chi connectivity index (χ4n) is 4.46. The van der Waals surface area contributed by atoms with Crippen LogP contribution in [-0.2, 0) is 11.3 Å². The molecule has 0 spiro atoms. The molecule has 1 saturated heterocycles. The lowest BCUT2D eigenvalue weighted by atomic mass is 10.1. The number of aromatic nitrogens is 3. The molecule has 6 rings (SSSR count). The summed E-state index contributed by atoms with van der Waals surface area (Å²) in [6.45, 7) is 5.26. The molecule has 0 radical (unpaired) electrons. The van der Waals surface area contributed by atoms with Crippen LogP contribution in [0.15, 0.2) is 76.2 Å². The second-order valence-corrected chi connectivity index (χ2v) is 8.89. The van der Waals surface area contributed by atoms with E-state index in [1.165, 1.54) is 0 Å². The molecule has 35 heavy (non-hydrogen) atoms. The van der Waals surface area contributed by atoms with E-state index in [0.717, 1.165) is 61.5 Å².